The van der Waals surface area contributed by atoms with Gasteiger partial charge in [0.25, 0.3) is 0 Å². The number of benzene rings is 1. The molecule has 1 rings (SSSR count). The molecule has 0 heterocycles. The number of esters is 1. The predicted octanol–water partition coefficient (Wildman–Crippen LogP) is 2.12. The summed E-state index contributed by atoms with van der Waals surface area (Å²) in [7, 11) is 1.62. The van der Waals surface area contributed by atoms with E-state index in [0.717, 1.165) is 10.5 Å². The Morgan fingerprint density at radius 2 is 1.67 bits per heavy atom. The summed E-state index contributed by atoms with van der Waals surface area (Å²) in [4.78, 5) is 12.6. The molecule has 0 saturated heterocycles. The number of rotatable bonds is 10. The highest BCUT2D eigenvalue weighted by Crippen LogP contribution is 2.14. The van der Waals surface area contributed by atoms with Gasteiger partial charge in [0.2, 0.25) is 0 Å². The number of carbonyl (C=O) groups is 1. The van der Waals surface area contributed by atoms with Gasteiger partial charge in [0.15, 0.2) is 0 Å². The Labute approximate surface area is 130 Å². The smallest absolute Gasteiger partial charge is 0.338 e. The van der Waals surface area contributed by atoms with Crippen LogP contribution < -0.4 is 0 Å². The lowest BCUT2D eigenvalue weighted by Crippen LogP contribution is -2.14. The first kappa shape index (κ1) is 18.0. The van der Waals surface area contributed by atoms with Crippen LogP contribution in [0.5, 0.6) is 0 Å². The van der Waals surface area contributed by atoms with Crippen molar-refractivity contribution in [3.8, 4) is 0 Å². The number of methoxy groups -OCH3 is 1. The van der Waals surface area contributed by atoms with E-state index in [0.29, 0.717) is 38.6 Å². The predicted molar refractivity (Wildman–Crippen MR) is 82.2 cm³/mol. The summed E-state index contributed by atoms with van der Waals surface area (Å²) in [5.41, 5.74) is 1.40. The monoisotopic (exact) mass is 314 g/mol. The van der Waals surface area contributed by atoms with Crippen LogP contribution in [-0.4, -0.2) is 52.7 Å². The Morgan fingerprint density at radius 3 is 2.33 bits per heavy atom. The van der Waals surface area contributed by atoms with Gasteiger partial charge >= 0.3 is 5.97 Å². The summed E-state index contributed by atoms with van der Waals surface area (Å²) in [6.45, 7) is 4.50. The highest BCUT2D eigenvalue weighted by atomic mass is 32.1. The Bertz CT molecular complexity index is 436. The number of aryl methyl sites for hydroxylation is 1. The minimum absolute atomic E-state index is 0.215. The van der Waals surface area contributed by atoms with Gasteiger partial charge in [-0.05, 0) is 24.6 Å². The molecule has 0 fully saturated rings. The molecule has 0 amide bonds. The van der Waals surface area contributed by atoms with Crippen molar-refractivity contribution in [3.63, 3.8) is 0 Å². The Hall–Kier alpha value is -1.08. The summed E-state index contributed by atoms with van der Waals surface area (Å²) >= 11 is 4.21. The van der Waals surface area contributed by atoms with Gasteiger partial charge in [-0.1, -0.05) is 6.07 Å². The molecule has 1 aromatic carbocycles. The topological polar surface area (TPSA) is 54.0 Å². The molecule has 0 aromatic heterocycles. The minimum atomic E-state index is -0.358. The Balaban J connectivity index is 2.12. The molecule has 21 heavy (non-hydrogen) atoms. The molecule has 0 aliphatic heterocycles. The third-order valence-electron chi connectivity index (χ3n) is 2.71. The van der Waals surface area contributed by atoms with Crippen LogP contribution in [0.4, 0.5) is 0 Å². The van der Waals surface area contributed by atoms with Crippen molar-refractivity contribution in [1.29, 1.82) is 0 Å². The first-order valence-corrected chi connectivity index (χ1v) is 7.21. The van der Waals surface area contributed by atoms with E-state index in [1.165, 1.54) is 0 Å². The molecule has 0 atom stereocenters. The van der Waals surface area contributed by atoms with Crippen LogP contribution in [0.3, 0.4) is 0 Å². The Morgan fingerprint density at radius 1 is 1.05 bits per heavy atom. The highest BCUT2D eigenvalue weighted by molar-refractivity contribution is 7.80. The van der Waals surface area contributed by atoms with E-state index >= 15 is 0 Å². The number of hydrogen-bond acceptors (Lipinski definition) is 6. The second-order valence-corrected chi connectivity index (χ2v) is 4.87. The van der Waals surface area contributed by atoms with E-state index < -0.39 is 0 Å². The first-order valence-electron chi connectivity index (χ1n) is 6.76. The SMILES string of the molecule is COCCOCCOCCOC(=O)c1cc(S)ccc1C. The number of hydrogen-bond donors (Lipinski definition) is 1. The summed E-state index contributed by atoms with van der Waals surface area (Å²) in [5.74, 6) is -0.358. The van der Waals surface area contributed by atoms with Crippen molar-refractivity contribution < 1.29 is 23.7 Å². The van der Waals surface area contributed by atoms with Gasteiger partial charge in [-0.3, -0.25) is 0 Å². The fraction of sp³-hybridized carbons (Fsp3) is 0.533. The van der Waals surface area contributed by atoms with Crippen LogP contribution in [0.1, 0.15) is 15.9 Å². The summed E-state index contributed by atoms with van der Waals surface area (Å²) in [5, 5.41) is 0. The van der Waals surface area contributed by atoms with E-state index in [1.807, 2.05) is 19.1 Å². The van der Waals surface area contributed by atoms with Crippen molar-refractivity contribution in [2.24, 2.45) is 0 Å². The molecule has 1 aromatic rings. The van der Waals surface area contributed by atoms with E-state index in [4.69, 9.17) is 18.9 Å². The molecule has 6 heteroatoms. The van der Waals surface area contributed by atoms with Crippen molar-refractivity contribution >= 4 is 18.6 Å². The van der Waals surface area contributed by atoms with E-state index in [1.54, 1.807) is 13.2 Å². The molecule has 0 unspecified atom stereocenters. The van der Waals surface area contributed by atoms with Crippen molar-refractivity contribution in [1.82, 2.24) is 0 Å². The van der Waals surface area contributed by atoms with E-state index in [-0.39, 0.29) is 12.6 Å². The standard InChI is InChI=1S/C15H22O5S/c1-12-3-4-13(21)11-14(12)15(16)20-10-9-19-8-7-18-6-5-17-2/h3-4,11,21H,5-10H2,1-2H3. The molecule has 0 spiro atoms. The van der Waals surface area contributed by atoms with Crippen LogP contribution >= 0.6 is 12.6 Å². The zero-order valence-corrected chi connectivity index (χ0v) is 13.4. The zero-order valence-electron chi connectivity index (χ0n) is 12.5. The van der Waals surface area contributed by atoms with Gasteiger partial charge in [-0.25, -0.2) is 4.79 Å². The van der Waals surface area contributed by atoms with Gasteiger partial charge in [-0.2, -0.15) is 0 Å². The summed E-state index contributed by atoms with van der Waals surface area (Å²) in [6, 6.07) is 5.37. The van der Waals surface area contributed by atoms with E-state index in [9.17, 15) is 4.79 Å². The quantitative estimate of drug-likeness (QED) is 0.407. The second kappa shape index (κ2) is 10.6. The zero-order chi connectivity index (χ0) is 15.5. The fourth-order valence-corrected chi connectivity index (χ4v) is 1.77. The van der Waals surface area contributed by atoms with Crippen molar-refractivity contribution in [2.75, 3.05) is 46.8 Å². The summed E-state index contributed by atoms with van der Waals surface area (Å²) in [6.07, 6.45) is 0. The lowest BCUT2D eigenvalue weighted by Gasteiger charge is -2.08. The Kier molecular flexibility index (Phi) is 9.09. The average Bonchev–Trinajstić information content (AvgIpc) is 2.48. The van der Waals surface area contributed by atoms with Crippen LogP contribution in [-0.2, 0) is 18.9 Å². The second-order valence-electron chi connectivity index (χ2n) is 4.35. The van der Waals surface area contributed by atoms with Gasteiger partial charge in [-0.15, -0.1) is 12.6 Å². The molecule has 0 N–H and O–H groups in total. The summed E-state index contributed by atoms with van der Waals surface area (Å²) < 4.78 is 20.5. The normalized spacial score (nSPS) is 10.6. The lowest BCUT2D eigenvalue weighted by molar-refractivity contribution is 0.00567. The molecule has 0 aliphatic rings. The van der Waals surface area contributed by atoms with Crippen LogP contribution in [0.2, 0.25) is 0 Å². The van der Waals surface area contributed by atoms with Crippen LogP contribution in [0, 0.1) is 6.92 Å². The molecular weight excluding hydrogens is 292 g/mol. The molecule has 0 bridgehead atoms. The highest BCUT2D eigenvalue weighted by Gasteiger charge is 2.10. The number of carbonyl (C=O) groups excluding carboxylic acids is 1. The molecule has 5 nitrogen and oxygen atoms in total. The maximum atomic E-state index is 11.9. The first-order chi connectivity index (χ1) is 10.1. The van der Waals surface area contributed by atoms with Gasteiger partial charge in [0, 0.05) is 12.0 Å². The molecule has 118 valence electrons. The third-order valence-corrected chi connectivity index (χ3v) is 2.98. The molecule has 0 saturated carbocycles. The van der Waals surface area contributed by atoms with Gasteiger partial charge < -0.3 is 18.9 Å². The van der Waals surface area contributed by atoms with Crippen LogP contribution in [0.25, 0.3) is 0 Å². The molecule has 0 radical (unpaired) electrons. The van der Waals surface area contributed by atoms with Crippen molar-refractivity contribution in [3.05, 3.63) is 29.3 Å². The maximum absolute atomic E-state index is 11.9. The van der Waals surface area contributed by atoms with Crippen LogP contribution in [0.15, 0.2) is 23.1 Å². The van der Waals surface area contributed by atoms with Crippen molar-refractivity contribution in [2.45, 2.75) is 11.8 Å². The molecule has 0 aliphatic carbocycles. The minimum Gasteiger partial charge on any atom is -0.460 e. The third kappa shape index (κ3) is 7.47. The number of thiol groups is 1. The number of ether oxygens (including phenoxy) is 4. The fourth-order valence-electron chi connectivity index (χ4n) is 1.57. The van der Waals surface area contributed by atoms with E-state index in [2.05, 4.69) is 12.6 Å². The largest absolute Gasteiger partial charge is 0.460 e. The molecular formula is C15H22O5S. The van der Waals surface area contributed by atoms with Gasteiger partial charge in [0.05, 0.1) is 38.6 Å². The maximum Gasteiger partial charge on any atom is 0.338 e. The van der Waals surface area contributed by atoms with Gasteiger partial charge in [0.1, 0.15) is 6.61 Å². The average molecular weight is 314 g/mol. The lowest BCUT2D eigenvalue weighted by atomic mass is 10.1.